The lowest BCUT2D eigenvalue weighted by Crippen LogP contribution is -2.37. The minimum absolute atomic E-state index is 0.0804. The summed E-state index contributed by atoms with van der Waals surface area (Å²) in [7, 11) is 0. The number of rotatable bonds is 4. The van der Waals surface area contributed by atoms with Crippen LogP contribution in [0, 0.1) is 5.92 Å². The predicted molar refractivity (Wildman–Crippen MR) is 114 cm³/mol. The normalized spacial score (nSPS) is 16.1. The van der Waals surface area contributed by atoms with Crippen LogP contribution in [-0.4, -0.2) is 37.8 Å². The fourth-order valence-corrected chi connectivity index (χ4v) is 3.70. The van der Waals surface area contributed by atoms with E-state index in [-0.39, 0.29) is 24.3 Å². The first-order chi connectivity index (χ1) is 15.1. The maximum atomic E-state index is 12.9. The second kappa shape index (κ2) is 7.52. The molecule has 0 radical (unpaired) electrons. The van der Waals surface area contributed by atoms with Gasteiger partial charge in [-0.25, -0.2) is 14.3 Å². The Labute approximate surface area is 176 Å². The van der Waals surface area contributed by atoms with Gasteiger partial charge in [-0.05, 0) is 24.3 Å². The summed E-state index contributed by atoms with van der Waals surface area (Å²) >= 11 is 0. The van der Waals surface area contributed by atoms with Gasteiger partial charge in [0.1, 0.15) is 11.7 Å². The molecule has 154 valence electrons. The molecule has 9 nitrogen and oxygen atoms in total. The van der Waals surface area contributed by atoms with Crippen molar-refractivity contribution in [3.8, 4) is 5.69 Å². The molecule has 9 heteroatoms. The molecule has 1 aliphatic heterocycles. The molecule has 1 aliphatic rings. The second-order valence-electron chi connectivity index (χ2n) is 7.27. The summed E-state index contributed by atoms with van der Waals surface area (Å²) in [5.74, 6) is -1.11. The van der Waals surface area contributed by atoms with Crippen molar-refractivity contribution in [2.45, 2.75) is 6.42 Å². The molecular weight excluding hydrogens is 396 g/mol. The third-order valence-corrected chi connectivity index (χ3v) is 5.28. The van der Waals surface area contributed by atoms with Crippen LogP contribution in [0.1, 0.15) is 6.42 Å². The number of hydrogen-bond donors (Lipinski definition) is 1. The van der Waals surface area contributed by atoms with Gasteiger partial charge >= 0.3 is 0 Å². The number of aromatic nitrogens is 4. The molecule has 2 amide bonds. The van der Waals surface area contributed by atoms with Crippen LogP contribution < -0.4 is 15.9 Å². The van der Waals surface area contributed by atoms with Crippen molar-refractivity contribution in [3.63, 3.8) is 0 Å². The largest absolute Gasteiger partial charge is 0.312 e. The van der Waals surface area contributed by atoms with Gasteiger partial charge in [0.2, 0.25) is 11.8 Å². The molecule has 0 spiro atoms. The summed E-state index contributed by atoms with van der Waals surface area (Å²) in [5.41, 5.74) is 4.05. The quantitative estimate of drug-likeness (QED) is 0.548. The lowest BCUT2D eigenvalue weighted by atomic mass is 10.1. The Morgan fingerprint density at radius 2 is 1.65 bits per heavy atom. The standard InChI is InChI=1S/C22H18N6O3/c29-19-11-15(13-26(19)16-7-3-1-4-8-16)21(30)25-27-14-23-20-18(22(27)31)12-24-28(20)17-9-5-2-6-10-17/h1-10,12,14-15H,11,13H2,(H,25,30)/t15-/m0/s1. The molecule has 3 heterocycles. The lowest BCUT2D eigenvalue weighted by molar-refractivity contribution is -0.123. The number of benzene rings is 2. The lowest BCUT2D eigenvalue weighted by Gasteiger charge is -2.16. The van der Waals surface area contributed by atoms with Crippen molar-refractivity contribution in [2.24, 2.45) is 5.92 Å². The van der Waals surface area contributed by atoms with Gasteiger partial charge in [0, 0.05) is 18.7 Å². The number of hydrogen-bond acceptors (Lipinski definition) is 5. The van der Waals surface area contributed by atoms with E-state index < -0.39 is 17.4 Å². The Bertz CT molecular complexity index is 1330. The number of anilines is 1. The first-order valence-electron chi connectivity index (χ1n) is 9.79. The number of carbonyl (C=O) groups excluding carboxylic acids is 2. The molecule has 2 aromatic carbocycles. The molecule has 1 fully saturated rings. The molecule has 0 unspecified atom stereocenters. The molecule has 0 saturated carbocycles. The van der Waals surface area contributed by atoms with Gasteiger partial charge in [0.05, 0.1) is 17.8 Å². The Balaban J connectivity index is 1.37. The average Bonchev–Trinajstić information content (AvgIpc) is 3.41. The van der Waals surface area contributed by atoms with E-state index in [2.05, 4.69) is 15.5 Å². The van der Waals surface area contributed by atoms with Gasteiger partial charge in [0.25, 0.3) is 5.56 Å². The molecule has 1 saturated heterocycles. The zero-order valence-corrected chi connectivity index (χ0v) is 16.4. The zero-order valence-electron chi connectivity index (χ0n) is 16.4. The molecule has 2 aromatic heterocycles. The van der Waals surface area contributed by atoms with Gasteiger partial charge in [-0.3, -0.25) is 19.8 Å². The second-order valence-corrected chi connectivity index (χ2v) is 7.27. The Kier molecular flexibility index (Phi) is 4.55. The van der Waals surface area contributed by atoms with Crippen LogP contribution in [0.5, 0.6) is 0 Å². The van der Waals surface area contributed by atoms with E-state index in [1.54, 1.807) is 9.58 Å². The molecule has 1 atom stereocenters. The molecule has 0 bridgehead atoms. The van der Waals surface area contributed by atoms with E-state index in [1.165, 1.54) is 12.5 Å². The Morgan fingerprint density at radius 1 is 0.968 bits per heavy atom. The van der Waals surface area contributed by atoms with E-state index >= 15 is 0 Å². The smallest absolute Gasteiger partial charge is 0.283 e. The van der Waals surface area contributed by atoms with Gasteiger partial charge < -0.3 is 4.90 Å². The van der Waals surface area contributed by atoms with E-state index in [9.17, 15) is 14.4 Å². The minimum atomic E-state index is -0.567. The predicted octanol–water partition coefficient (Wildman–Crippen LogP) is 1.71. The summed E-state index contributed by atoms with van der Waals surface area (Å²) in [6, 6.07) is 18.5. The first-order valence-corrected chi connectivity index (χ1v) is 9.79. The SMILES string of the molecule is O=C(Nn1cnc2c(cnn2-c2ccccc2)c1=O)[C@H]1CC(=O)N(c2ccccc2)C1. The van der Waals surface area contributed by atoms with Crippen LogP contribution in [-0.2, 0) is 9.59 Å². The number of amides is 2. The van der Waals surface area contributed by atoms with Crippen molar-refractivity contribution in [1.29, 1.82) is 0 Å². The molecule has 31 heavy (non-hydrogen) atoms. The number of fused-ring (bicyclic) bond motifs is 1. The summed E-state index contributed by atoms with van der Waals surface area (Å²) in [6.07, 6.45) is 2.77. The fraction of sp³-hybridized carbons (Fsp3) is 0.136. The number of nitrogens with one attached hydrogen (secondary N) is 1. The van der Waals surface area contributed by atoms with E-state index in [0.717, 1.165) is 16.1 Å². The van der Waals surface area contributed by atoms with Gasteiger partial charge in [0.15, 0.2) is 5.65 Å². The van der Waals surface area contributed by atoms with Gasteiger partial charge in [-0.1, -0.05) is 36.4 Å². The van der Waals surface area contributed by atoms with Crippen molar-refractivity contribution >= 4 is 28.5 Å². The van der Waals surface area contributed by atoms with Crippen LogP contribution in [0.2, 0.25) is 0 Å². The Hall–Kier alpha value is -4.27. The molecule has 5 rings (SSSR count). The number of para-hydroxylation sites is 2. The van der Waals surface area contributed by atoms with Crippen molar-refractivity contribution in [2.75, 3.05) is 16.9 Å². The van der Waals surface area contributed by atoms with Crippen molar-refractivity contribution in [1.82, 2.24) is 19.4 Å². The van der Waals surface area contributed by atoms with Crippen LogP contribution in [0.3, 0.4) is 0 Å². The summed E-state index contributed by atoms with van der Waals surface area (Å²) in [4.78, 5) is 43.9. The van der Waals surface area contributed by atoms with Crippen molar-refractivity contribution in [3.05, 3.63) is 83.5 Å². The average molecular weight is 414 g/mol. The highest BCUT2D eigenvalue weighted by atomic mass is 16.2. The molecule has 4 aromatic rings. The maximum Gasteiger partial charge on any atom is 0.283 e. The number of nitrogens with zero attached hydrogens (tertiary/aromatic N) is 5. The number of carbonyl (C=O) groups is 2. The maximum absolute atomic E-state index is 12.9. The highest BCUT2D eigenvalue weighted by Crippen LogP contribution is 2.25. The van der Waals surface area contributed by atoms with E-state index in [0.29, 0.717) is 5.65 Å². The highest BCUT2D eigenvalue weighted by Gasteiger charge is 2.35. The topological polar surface area (TPSA) is 102 Å². The van der Waals surface area contributed by atoms with Crippen LogP contribution in [0.15, 0.2) is 78.0 Å². The third kappa shape index (κ3) is 3.35. The Morgan fingerprint density at radius 3 is 2.35 bits per heavy atom. The third-order valence-electron chi connectivity index (χ3n) is 5.28. The van der Waals surface area contributed by atoms with Gasteiger partial charge in [-0.2, -0.15) is 5.10 Å². The van der Waals surface area contributed by atoms with E-state index in [4.69, 9.17) is 0 Å². The minimum Gasteiger partial charge on any atom is -0.312 e. The van der Waals surface area contributed by atoms with Crippen LogP contribution >= 0.6 is 0 Å². The summed E-state index contributed by atoms with van der Waals surface area (Å²) < 4.78 is 2.60. The van der Waals surface area contributed by atoms with Gasteiger partial charge in [-0.15, -0.1) is 0 Å². The molecular formula is C22H18N6O3. The van der Waals surface area contributed by atoms with Crippen molar-refractivity contribution < 1.29 is 9.59 Å². The molecule has 1 N–H and O–H groups in total. The summed E-state index contributed by atoms with van der Waals surface area (Å²) in [6.45, 7) is 0.255. The fourth-order valence-electron chi connectivity index (χ4n) is 3.70. The summed E-state index contributed by atoms with van der Waals surface area (Å²) in [5, 5.41) is 4.53. The van der Waals surface area contributed by atoms with Crippen LogP contribution in [0.4, 0.5) is 5.69 Å². The van der Waals surface area contributed by atoms with E-state index in [1.807, 2.05) is 60.7 Å². The first kappa shape index (κ1) is 18.7. The highest BCUT2D eigenvalue weighted by molar-refractivity contribution is 6.01. The van der Waals surface area contributed by atoms with Crippen LogP contribution in [0.25, 0.3) is 16.7 Å². The molecule has 0 aliphatic carbocycles. The zero-order chi connectivity index (χ0) is 21.4. The monoisotopic (exact) mass is 414 g/mol.